The summed E-state index contributed by atoms with van der Waals surface area (Å²) in [6.07, 6.45) is 0. The number of rotatable bonds is 3. The number of nitrogens with zero attached hydrogens (tertiary/aromatic N) is 3. The number of fused-ring (bicyclic) bond motifs is 1. The van der Waals surface area contributed by atoms with Gasteiger partial charge in [-0.2, -0.15) is 0 Å². The summed E-state index contributed by atoms with van der Waals surface area (Å²) in [4.78, 5) is 21.2. The standard InChI is InChI=1S/C15H21ClN4O/c1-9-6-7-11-14(17-9)20(13(18-11)10(2)16)8-12(21)19-15(3,4)5/h6-7,10H,8H2,1-5H3,(H,19,21). The van der Waals surface area contributed by atoms with Crippen LogP contribution in [0.2, 0.25) is 0 Å². The molecular formula is C15H21ClN4O. The van der Waals surface area contributed by atoms with Crippen molar-refractivity contribution in [1.29, 1.82) is 0 Å². The van der Waals surface area contributed by atoms with Crippen LogP contribution in [0.3, 0.4) is 0 Å². The fraction of sp³-hybridized carbons (Fsp3) is 0.533. The van der Waals surface area contributed by atoms with Crippen molar-refractivity contribution < 1.29 is 4.79 Å². The third-order valence-corrected chi connectivity index (χ3v) is 3.13. The number of carbonyl (C=O) groups excluding carboxylic acids is 1. The summed E-state index contributed by atoms with van der Waals surface area (Å²) in [5.74, 6) is 0.581. The van der Waals surface area contributed by atoms with E-state index in [4.69, 9.17) is 11.6 Å². The lowest BCUT2D eigenvalue weighted by Gasteiger charge is -2.21. The van der Waals surface area contributed by atoms with Gasteiger partial charge in [0, 0.05) is 11.2 Å². The second kappa shape index (κ2) is 5.64. The molecule has 0 spiro atoms. The molecule has 114 valence electrons. The van der Waals surface area contributed by atoms with E-state index in [1.807, 2.05) is 46.8 Å². The summed E-state index contributed by atoms with van der Waals surface area (Å²) in [5.41, 5.74) is 2.06. The second-order valence-electron chi connectivity index (χ2n) is 6.27. The molecule has 21 heavy (non-hydrogen) atoms. The number of imidazole rings is 1. The molecule has 0 aliphatic carbocycles. The highest BCUT2D eigenvalue weighted by molar-refractivity contribution is 6.20. The van der Waals surface area contributed by atoms with Crippen LogP contribution in [0.5, 0.6) is 0 Å². The van der Waals surface area contributed by atoms with Gasteiger partial charge in [-0.05, 0) is 46.8 Å². The summed E-state index contributed by atoms with van der Waals surface area (Å²) in [5, 5.41) is 2.65. The maximum atomic E-state index is 12.2. The van der Waals surface area contributed by atoms with Gasteiger partial charge in [-0.1, -0.05) is 0 Å². The number of hydrogen-bond acceptors (Lipinski definition) is 3. The van der Waals surface area contributed by atoms with E-state index in [0.29, 0.717) is 11.5 Å². The number of aryl methyl sites for hydroxylation is 1. The molecule has 2 aromatic rings. The van der Waals surface area contributed by atoms with Crippen LogP contribution >= 0.6 is 11.6 Å². The van der Waals surface area contributed by atoms with Gasteiger partial charge in [0.1, 0.15) is 17.9 Å². The van der Waals surface area contributed by atoms with Gasteiger partial charge in [-0.15, -0.1) is 11.6 Å². The van der Waals surface area contributed by atoms with E-state index in [1.165, 1.54) is 0 Å². The second-order valence-corrected chi connectivity index (χ2v) is 6.92. The van der Waals surface area contributed by atoms with Crippen LogP contribution in [0.15, 0.2) is 12.1 Å². The summed E-state index contributed by atoms with van der Waals surface area (Å²) < 4.78 is 1.79. The average molecular weight is 309 g/mol. The molecule has 0 aromatic carbocycles. The molecule has 0 aliphatic rings. The van der Waals surface area contributed by atoms with Crippen molar-refractivity contribution in [3.05, 3.63) is 23.7 Å². The number of aromatic nitrogens is 3. The maximum absolute atomic E-state index is 12.2. The van der Waals surface area contributed by atoms with Crippen LogP contribution in [-0.2, 0) is 11.3 Å². The number of amides is 1. The Balaban J connectivity index is 2.43. The zero-order valence-corrected chi connectivity index (χ0v) is 13.8. The van der Waals surface area contributed by atoms with Crippen molar-refractivity contribution in [2.45, 2.75) is 52.1 Å². The Morgan fingerprint density at radius 2 is 2.05 bits per heavy atom. The first-order valence-corrected chi connectivity index (χ1v) is 7.40. The predicted octanol–water partition coefficient (Wildman–Crippen LogP) is 2.95. The van der Waals surface area contributed by atoms with Crippen molar-refractivity contribution in [2.24, 2.45) is 0 Å². The Kier molecular flexibility index (Phi) is 4.23. The molecule has 5 nitrogen and oxygen atoms in total. The highest BCUT2D eigenvalue weighted by Gasteiger charge is 2.20. The monoisotopic (exact) mass is 308 g/mol. The highest BCUT2D eigenvalue weighted by Crippen LogP contribution is 2.23. The van der Waals surface area contributed by atoms with E-state index >= 15 is 0 Å². The molecule has 6 heteroatoms. The lowest BCUT2D eigenvalue weighted by Crippen LogP contribution is -2.42. The third kappa shape index (κ3) is 3.73. The molecule has 0 aliphatic heterocycles. The van der Waals surface area contributed by atoms with Crippen molar-refractivity contribution in [1.82, 2.24) is 19.9 Å². The van der Waals surface area contributed by atoms with Gasteiger partial charge in [0.15, 0.2) is 5.65 Å². The van der Waals surface area contributed by atoms with Crippen molar-refractivity contribution in [3.63, 3.8) is 0 Å². The number of carbonyl (C=O) groups is 1. The number of nitrogens with one attached hydrogen (secondary N) is 1. The van der Waals surface area contributed by atoms with Gasteiger partial charge in [0.25, 0.3) is 0 Å². The Morgan fingerprint density at radius 1 is 1.38 bits per heavy atom. The fourth-order valence-electron chi connectivity index (χ4n) is 2.17. The van der Waals surface area contributed by atoms with Crippen LogP contribution in [0.1, 0.15) is 44.6 Å². The van der Waals surface area contributed by atoms with Crippen LogP contribution in [-0.4, -0.2) is 26.0 Å². The van der Waals surface area contributed by atoms with Crippen LogP contribution in [0.4, 0.5) is 0 Å². The normalized spacial score (nSPS) is 13.4. The molecule has 0 fully saturated rings. The van der Waals surface area contributed by atoms with Gasteiger partial charge < -0.3 is 9.88 Å². The highest BCUT2D eigenvalue weighted by atomic mass is 35.5. The van der Waals surface area contributed by atoms with E-state index in [1.54, 1.807) is 4.57 Å². The zero-order chi connectivity index (χ0) is 15.8. The van der Waals surface area contributed by atoms with Gasteiger partial charge in [-0.25, -0.2) is 9.97 Å². The third-order valence-electron chi connectivity index (χ3n) is 2.93. The molecule has 0 bridgehead atoms. The zero-order valence-electron chi connectivity index (χ0n) is 13.1. The molecule has 0 saturated heterocycles. The molecule has 0 saturated carbocycles. The molecule has 0 radical (unpaired) electrons. The van der Waals surface area contributed by atoms with Crippen molar-refractivity contribution in [2.75, 3.05) is 0 Å². The summed E-state index contributed by atoms with van der Waals surface area (Å²) >= 11 is 6.19. The summed E-state index contributed by atoms with van der Waals surface area (Å²) in [6.45, 7) is 9.76. The van der Waals surface area contributed by atoms with Gasteiger partial charge in [0.05, 0.1) is 5.38 Å². The van der Waals surface area contributed by atoms with Gasteiger partial charge in [0.2, 0.25) is 5.91 Å². The maximum Gasteiger partial charge on any atom is 0.240 e. The first-order chi connectivity index (χ1) is 9.67. The molecule has 2 rings (SSSR count). The molecule has 2 heterocycles. The molecule has 1 amide bonds. The fourth-order valence-corrected chi connectivity index (χ4v) is 2.34. The lowest BCUT2D eigenvalue weighted by molar-refractivity contribution is -0.123. The number of alkyl halides is 1. The smallest absolute Gasteiger partial charge is 0.240 e. The number of halogens is 1. The topological polar surface area (TPSA) is 59.8 Å². The minimum atomic E-state index is -0.290. The Hall–Kier alpha value is -1.62. The number of hydrogen-bond donors (Lipinski definition) is 1. The lowest BCUT2D eigenvalue weighted by atomic mass is 10.1. The van der Waals surface area contributed by atoms with E-state index in [-0.39, 0.29) is 23.4 Å². The molecule has 2 aromatic heterocycles. The van der Waals surface area contributed by atoms with Gasteiger partial charge in [-0.3, -0.25) is 4.79 Å². The van der Waals surface area contributed by atoms with Crippen LogP contribution < -0.4 is 5.32 Å². The summed E-state index contributed by atoms with van der Waals surface area (Å²) in [7, 11) is 0. The van der Waals surface area contributed by atoms with Crippen molar-refractivity contribution in [3.8, 4) is 0 Å². The van der Waals surface area contributed by atoms with Gasteiger partial charge >= 0.3 is 0 Å². The quantitative estimate of drug-likeness (QED) is 0.887. The predicted molar refractivity (Wildman–Crippen MR) is 84.4 cm³/mol. The first-order valence-electron chi connectivity index (χ1n) is 6.96. The average Bonchev–Trinajstić information content (AvgIpc) is 2.65. The summed E-state index contributed by atoms with van der Waals surface area (Å²) in [6, 6.07) is 3.80. The minimum absolute atomic E-state index is 0.0799. The molecular weight excluding hydrogens is 288 g/mol. The van der Waals surface area contributed by atoms with E-state index in [0.717, 1.165) is 11.2 Å². The van der Waals surface area contributed by atoms with Crippen molar-refractivity contribution >= 4 is 28.7 Å². The molecule has 1 N–H and O–H groups in total. The number of pyridine rings is 1. The molecule has 1 unspecified atom stereocenters. The SMILES string of the molecule is Cc1ccc2nc(C(C)Cl)n(CC(=O)NC(C)(C)C)c2n1. The molecule has 1 atom stereocenters. The Labute approximate surface area is 129 Å². The Morgan fingerprint density at radius 3 is 2.62 bits per heavy atom. The largest absolute Gasteiger partial charge is 0.350 e. The minimum Gasteiger partial charge on any atom is -0.350 e. The first kappa shape index (κ1) is 15.8. The Bertz CT molecular complexity index is 670. The van der Waals surface area contributed by atoms with E-state index in [9.17, 15) is 4.79 Å². The van der Waals surface area contributed by atoms with E-state index in [2.05, 4.69) is 15.3 Å². The van der Waals surface area contributed by atoms with E-state index < -0.39 is 0 Å². The van der Waals surface area contributed by atoms with Crippen LogP contribution in [0.25, 0.3) is 11.2 Å². The van der Waals surface area contributed by atoms with Crippen LogP contribution in [0, 0.1) is 6.92 Å².